The summed E-state index contributed by atoms with van der Waals surface area (Å²) in [4.78, 5) is 13.1. The van der Waals surface area contributed by atoms with E-state index in [-0.39, 0.29) is 11.7 Å². The predicted molar refractivity (Wildman–Crippen MR) is 86.2 cm³/mol. The molecule has 3 N–H and O–H groups in total. The lowest BCUT2D eigenvalue weighted by Crippen LogP contribution is -2.12. The number of amides is 1. The Hall–Kier alpha value is -1.40. The van der Waals surface area contributed by atoms with Crippen LogP contribution in [0.1, 0.15) is 23.9 Å². The van der Waals surface area contributed by atoms with Gasteiger partial charge in [-0.05, 0) is 58.4 Å². The number of thioether (sulfide) groups is 1. The second-order valence-electron chi connectivity index (χ2n) is 4.16. The molecule has 0 atom stereocenters. The summed E-state index contributed by atoms with van der Waals surface area (Å²) in [5, 5.41) is 2.76. The van der Waals surface area contributed by atoms with Crippen LogP contribution in [0.4, 0.5) is 11.4 Å². The van der Waals surface area contributed by atoms with Crippen molar-refractivity contribution in [1.29, 1.82) is 0 Å². The molecule has 0 spiro atoms. The van der Waals surface area contributed by atoms with Crippen LogP contribution in [0.3, 0.4) is 0 Å². The molecule has 1 aromatic heterocycles. The van der Waals surface area contributed by atoms with Gasteiger partial charge in [-0.3, -0.25) is 4.79 Å². The Kier molecular flexibility index (Phi) is 5.14. The number of nitrogen functional groups attached to an aromatic ring is 1. The molecule has 0 aliphatic rings. The first-order chi connectivity index (χ1) is 9.60. The van der Waals surface area contributed by atoms with Gasteiger partial charge in [0.2, 0.25) is 0 Å². The van der Waals surface area contributed by atoms with E-state index < -0.39 is 0 Å². The fourth-order valence-corrected chi connectivity index (χ4v) is 2.69. The molecule has 1 aromatic carbocycles. The fourth-order valence-electron chi connectivity index (χ4n) is 1.57. The van der Waals surface area contributed by atoms with E-state index in [9.17, 15) is 4.79 Å². The van der Waals surface area contributed by atoms with Gasteiger partial charge in [-0.15, -0.1) is 11.8 Å². The first-order valence-corrected chi connectivity index (χ1v) is 7.97. The van der Waals surface area contributed by atoms with Gasteiger partial charge in [0.25, 0.3) is 5.91 Å². The lowest BCUT2D eigenvalue weighted by atomic mass is 10.2. The average molecular weight is 355 g/mol. The summed E-state index contributed by atoms with van der Waals surface area (Å²) in [6, 6.07) is 8.91. The molecule has 0 saturated heterocycles. The second kappa shape index (κ2) is 6.85. The molecular weight excluding hydrogens is 340 g/mol. The number of rotatable bonds is 5. The van der Waals surface area contributed by atoms with Gasteiger partial charge in [0.05, 0.1) is 11.4 Å². The smallest absolute Gasteiger partial charge is 0.291 e. The van der Waals surface area contributed by atoms with Crippen molar-refractivity contribution in [2.45, 2.75) is 18.2 Å². The first kappa shape index (κ1) is 15.0. The summed E-state index contributed by atoms with van der Waals surface area (Å²) in [5.41, 5.74) is 7.02. The summed E-state index contributed by atoms with van der Waals surface area (Å²) < 4.78 is 5.73. The van der Waals surface area contributed by atoms with Gasteiger partial charge in [0.15, 0.2) is 10.4 Å². The van der Waals surface area contributed by atoms with E-state index in [1.807, 2.05) is 12.1 Å². The molecule has 20 heavy (non-hydrogen) atoms. The summed E-state index contributed by atoms with van der Waals surface area (Å²) in [5.74, 6) is 0.950. The molecule has 0 aliphatic heterocycles. The van der Waals surface area contributed by atoms with E-state index in [0.29, 0.717) is 16.0 Å². The molecule has 1 amide bonds. The van der Waals surface area contributed by atoms with Gasteiger partial charge in [-0.2, -0.15) is 0 Å². The van der Waals surface area contributed by atoms with Crippen molar-refractivity contribution in [2.24, 2.45) is 0 Å². The van der Waals surface area contributed by atoms with Crippen LogP contribution < -0.4 is 11.1 Å². The zero-order valence-electron chi connectivity index (χ0n) is 11.0. The molecule has 2 aromatic rings. The number of furan rings is 1. The van der Waals surface area contributed by atoms with Crippen LogP contribution in [0.25, 0.3) is 0 Å². The molecular formula is C14H15BrN2O2S. The maximum Gasteiger partial charge on any atom is 0.291 e. The number of anilines is 2. The molecule has 1 heterocycles. The standard InChI is InChI=1S/C14H15BrN2O2S/c1-2-7-20-9-3-4-10(16)11(8-9)17-14(18)12-5-6-13(15)19-12/h3-6,8H,2,7,16H2,1H3,(H,17,18). The Morgan fingerprint density at radius 2 is 2.20 bits per heavy atom. The Morgan fingerprint density at radius 1 is 1.40 bits per heavy atom. The molecule has 0 unspecified atom stereocenters. The van der Waals surface area contributed by atoms with Crippen molar-refractivity contribution in [1.82, 2.24) is 0 Å². The minimum Gasteiger partial charge on any atom is -0.444 e. The van der Waals surface area contributed by atoms with Crippen LogP contribution in [0, 0.1) is 0 Å². The highest BCUT2D eigenvalue weighted by atomic mass is 79.9. The van der Waals surface area contributed by atoms with E-state index in [4.69, 9.17) is 10.2 Å². The number of hydrogen-bond donors (Lipinski definition) is 2. The molecule has 0 bridgehead atoms. The Balaban J connectivity index is 2.13. The summed E-state index contributed by atoms with van der Waals surface area (Å²) >= 11 is 4.90. The Bertz CT molecular complexity index is 613. The molecule has 6 heteroatoms. The Morgan fingerprint density at radius 3 is 2.85 bits per heavy atom. The number of benzene rings is 1. The molecule has 4 nitrogen and oxygen atoms in total. The third-order valence-corrected chi connectivity index (χ3v) is 4.17. The van der Waals surface area contributed by atoms with Crippen LogP contribution in [-0.4, -0.2) is 11.7 Å². The molecule has 2 rings (SSSR count). The van der Waals surface area contributed by atoms with E-state index in [2.05, 4.69) is 28.2 Å². The highest BCUT2D eigenvalue weighted by Crippen LogP contribution is 2.27. The molecule has 106 valence electrons. The van der Waals surface area contributed by atoms with Gasteiger partial charge in [0, 0.05) is 4.90 Å². The van der Waals surface area contributed by atoms with Crippen molar-refractivity contribution >= 4 is 45.0 Å². The second-order valence-corrected chi connectivity index (χ2v) is 6.11. The topological polar surface area (TPSA) is 68.3 Å². The number of nitrogens with two attached hydrogens (primary N) is 1. The highest BCUT2D eigenvalue weighted by molar-refractivity contribution is 9.10. The highest BCUT2D eigenvalue weighted by Gasteiger charge is 2.12. The molecule has 0 fully saturated rings. The van der Waals surface area contributed by atoms with Gasteiger partial charge in [-0.25, -0.2) is 0 Å². The summed E-state index contributed by atoms with van der Waals surface area (Å²) in [7, 11) is 0. The largest absolute Gasteiger partial charge is 0.444 e. The zero-order valence-corrected chi connectivity index (χ0v) is 13.4. The maximum absolute atomic E-state index is 12.0. The van der Waals surface area contributed by atoms with Gasteiger partial charge in [0.1, 0.15) is 0 Å². The third kappa shape index (κ3) is 3.80. The van der Waals surface area contributed by atoms with Crippen molar-refractivity contribution in [3.8, 4) is 0 Å². The van der Waals surface area contributed by atoms with Crippen LogP contribution >= 0.6 is 27.7 Å². The number of hydrogen-bond acceptors (Lipinski definition) is 4. The van der Waals surface area contributed by atoms with Crippen molar-refractivity contribution in [2.75, 3.05) is 16.8 Å². The Labute approximate surface area is 130 Å². The lowest BCUT2D eigenvalue weighted by Gasteiger charge is -2.09. The van der Waals surface area contributed by atoms with E-state index >= 15 is 0 Å². The summed E-state index contributed by atoms with van der Waals surface area (Å²) in [6.07, 6.45) is 1.09. The van der Waals surface area contributed by atoms with Crippen LogP contribution in [0.5, 0.6) is 0 Å². The van der Waals surface area contributed by atoms with Crippen LogP contribution in [0.15, 0.2) is 44.3 Å². The van der Waals surface area contributed by atoms with E-state index in [1.165, 1.54) is 0 Å². The van der Waals surface area contributed by atoms with Crippen molar-refractivity contribution < 1.29 is 9.21 Å². The quantitative estimate of drug-likeness (QED) is 0.617. The van der Waals surface area contributed by atoms with Crippen molar-refractivity contribution in [3.05, 3.63) is 40.8 Å². The van der Waals surface area contributed by atoms with Crippen LogP contribution in [-0.2, 0) is 0 Å². The van der Waals surface area contributed by atoms with Gasteiger partial charge >= 0.3 is 0 Å². The maximum atomic E-state index is 12.0. The van der Waals surface area contributed by atoms with E-state index in [1.54, 1.807) is 30.0 Å². The zero-order chi connectivity index (χ0) is 14.5. The van der Waals surface area contributed by atoms with Gasteiger partial charge < -0.3 is 15.5 Å². The average Bonchev–Trinajstić information content (AvgIpc) is 2.86. The normalized spacial score (nSPS) is 10.5. The number of carbonyl (C=O) groups is 1. The monoisotopic (exact) mass is 354 g/mol. The number of carbonyl (C=O) groups excluding carboxylic acids is 1. The predicted octanol–water partition coefficient (Wildman–Crippen LogP) is 4.38. The lowest BCUT2D eigenvalue weighted by molar-refractivity contribution is 0.0995. The number of nitrogens with one attached hydrogen (secondary N) is 1. The SMILES string of the molecule is CCCSc1ccc(N)c(NC(=O)c2ccc(Br)o2)c1. The van der Waals surface area contributed by atoms with E-state index in [0.717, 1.165) is 17.1 Å². The van der Waals surface area contributed by atoms with Crippen molar-refractivity contribution in [3.63, 3.8) is 0 Å². The first-order valence-electron chi connectivity index (χ1n) is 6.19. The summed E-state index contributed by atoms with van der Waals surface area (Å²) in [6.45, 7) is 2.13. The minimum atomic E-state index is -0.319. The van der Waals surface area contributed by atoms with Gasteiger partial charge in [-0.1, -0.05) is 6.92 Å². The molecule has 0 aliphatic carbocycles. The number of halogens is 1. The third-order valence-electron chi connectivity index (χ3n) is 2.54. The van der Waals surface area contributed by atoms with Crippen LogP contribution in [0.2, 0.25) is 0 Å². The molecule has 0 saturated carbocycles. The molecule has 0 radical (unpaired) electrons. The minimum absolute atomic E-state index is 0.239. The fraction of sp³-hybridized carbons (Fsp3) is 0.214.